The van der Waals surface area contributed by atoms with Gasteiger partial charge in [-0.3, -0.25) is 9.59 Å². The second-order valence-corrected chi connectivity index (χ2v) is 6.92. The van der Waals surface area contributed by atoms with Gasteiger partial charge in [0.05, 0.1) is 12.6 Å². The highest BCUT2D eigenvalue weighted by Crippen LogP contribution is 2.29. The monoisotopic (exact) mass is 297 g/mol. The lowest BCUT2D eigenvalue weighted by molar-refractivity contribution is -0.127. The molecule has 21 heavy (non-hydrogen) atoms. The van der Waals surface area contributed by atoms with Crippen molar-refractivity contribution >= 4 is 11.8 Å². The van der Waals surface area contributed by atoms with Crippen LogP contribution < -0.4 is 16.4 Å². The normalized spacial score (nSPS) is 24.0. The molecular weight excluding hydrogens is 266 g/mol. The molecule has 1 rings (SSSR count). The zero-order chi connectivity index (χ0) is 16.0. The van der Waals surface area contributed by atoms with Crippen LogP contribution in [0.5, 0.6) is 0 Å². The highest BCUT2D eigenvalue weighted by atomic mass is 16.2. The first kappa shape index (κ1) is 18.0. The summed E-state index contributed by atoms with van der Waals surface area (Å²) < 4.78 is 0. The van der Waals surface area contributed by atoms with Crippen LogP contribution in [-0.4, -0.2) is 30.4 Å². The highest BCUT2D eigenvalue weighted by molar-refractivity contribution is 5.87. The average Bonchev–Trinajstić information content (AvgIpc) is 2.44. The molecule has 1 saturated carbocycles. The Bertz CT molecular complexity index is 355. The van der Waals surface area contributed by atoms with Gasteiger partial charge < -0.3 is 16.4 Å². The molecule has 0 aromatic rings. The lowest BCUT2D eigenvalue weighted by Gasteiger charge is -2.32. The Labute approximate surface area is 128 Å². The van der Waals surface area contributed by atoms with Gasteiger partial charge >= 0.3 is 0 Å². The third-order valence-electron chi connectivity index (χ3n) is 4.47. The number of hydrogen-bond donors (Lipinski definition) is 3. The molecule has 5 heteroatoms. The van der Waals surface area contributed by atoms with Gasteiger partial charge in [0.15, 0.2) is 0 Å². The maximum Gasteiger partial charge on any atom is 0.239 e. The summed E-state index contributed by atoms with van der Waals surface area (Å²) >= 11 is 0. The lowest BCUT2D eigenvalue weighted by Crippen LogP contribution is -2.49. The molecule has 0 aliphatic heterocycles. The van der Waals surface area contributed by atoms with E-state index in [-0.39, 0.29) is 30.3 Å². The van der Waals surface area contributed by atoms with Crippen molar-refractivity contribution in [3.05, 3.63) is 0 Å². The van der Waals surface area contributed by atoms with E-state index in [1.807, 2.05) is 13.8 Å². The minimum atomic E-state index is -0.558. The van der Waals surface area contributed by atoms with Crippen molar-refractivity contribution in [2.24, 2.45) is 23.5 Å². The first-order valence-electron chi connectivity index (χ1n) is 8.14. The molecule has 0 heterocycles. The second kappa shape index (κ2) is 8.37. The molecule has 1 fully saturated rings. The van der Waals surface area contributed by atoms with Crippen LogP contribution in [0.2, 0.25) is 0 Å². The molecule has 1 aliphatic carbocycles. The van der Waals surface area contributed by atoms with Crippen LogP contribution in [0, 0.1) is 17.8 Å². The molecule has 0 aromatic carbocycles. The summed E-state index contributed by atoms with van der Waals surface area (Å²) in [6, 6.07) is -0.313. The molecule has 0 aromatic heterocycles. The molecule has 4 N–H and O–H groups in total. The van der Waals surface area contributed by atoms with E-state index in [0.29, 0.717) is 11.8 Å². The largest absolute Gasteiger partial charge is 0.352 e. The SMILES string of the molecule is CC(C)C1CCCC(NC(=O)CNC(=O)[C@@H](N)C(C)C)C1. The minimum Gasteiger partial charge on any atom is -0.352 e. The predicted octanol–water partition coefficient (Wildman–Crippen LogP) is 1.42. The minimum absolute atomic E-state index is 0.0160. The number of rotatable bonds is 6. The van der Waals surface area contributed by atoms with Gasteiger partial charge in [-0.1, -0.05) is 40.5 Å². The van der Waals surface area contributed by atoms with Crippen LogP contribution in [0.25, 0.3) is 0 Å². The number of nitrogens with one attached hydrogen (secondary N) is 2. The van der Waals surface area contributed by atoms with Crippen LogP contribution in [0.15, 0.2) is 0 Å². The van der Waals surface area contributed by atoms with E-state index < -0.39 is 6.04 Å². The number of amides is 2. The maximum absolute atomic E-state index is 11.9. The third kappa shape index (κ3) is 6.04. The smallest absolute Gasteiger partial charge is 0.239 e. The molecule has 1 aliphatic rings. The standard InChI is InChI=1S/C16H31N3O2/c1-10(2)12-6-5-7-13(8-12)19-14(20)9-18-16(21)15(17)11(3)4/h10-13,15H,5-9,17H2,1-4H3,(H,18,21)(H,19,20)/t12?,13?,15-/m0/s1. The molecule has 122 valence electrons. The summed E-state index contributed by atoms with van der Waals surface area (Å²) in [4.78, 5) is 23.6. The van der Waals surface area contributed by atoms with Crippen molar-refractivity contribution in [2.75, 3.05) is 6.54 Å². The van der Waals surface area contributed by atoms with Crippen molar-refractivity contribution in [1.82, 2.24) is 10.6 Å². The van der Waals surface area contributed by atoms with E-state index in [9.17, 15) is 9.59 Å². The Morgan fingerprint density at radius 3 is 2.43 bits per heavy atom. The van der Waals surface area contributed by atoms with Gasteiger partial charge in [-0.15, -0.1) is 0 Å². The summed E-state index contributed by atoms with van der Waals surface area (Å²) in [6.07, 6.45) is 4.50. The molecule has 2 unspecified atom stereocenters. The van der Waals surface area contributed by atoms with Gasteiger partial charge in [-0.25, -0.2) is 0 Å². The van der Waals surface area contributed by atoms with E-state index >= 15 is 0 Å². The van der Waals surface area contributed by atoms with Gasteiger partial charge in [0.2, 0.25) is 11.8 Å². The van der Waals surface area contributed by atoms with Crippen LogP contribution in [0.3, 0.4) is 0 Å². The first-order valence-corrected chi connectivity index (χ1v) is 8.14. The zero-order valence-electron chi connectivity index (χ0n) is 13.8. The molecule has 0 saturated heterocycles. The molecule has 5 nitrogen and oxygen atoms in total. The lowest BCUT2D eigenvalue weighted by atomic mass is 9.79. The van der Waals surface area contributed by atoms with E-state index in [4.69, 9.17) is 5.73 Å². The van der Waals surface area contributed by atoms with Crippen molar-refractivity contribution in [1.29, 1.82) is 0 Å². The highest BCUT2D eigenvalue weighted by Gasteiger charge is 2.25. The Balaban J connectivity index is 2.32. The fourth-order valence-electron chi connectivity index (χ4n) is 2.83. The van der Waals surface area contributed by atoms with Gasteiger partial charge in [-0.2, -0.15) is 0 Å². The van der Waals surface area contributed by atoms with E-state index in [1.165, 1.54) is 12.8 Å². The topological polar surface area (TPSA) is 84.2 Å². The molecule has 3 atom stereocenters. The van der Waals surface area contributed by atoms with E-state index in [2.05, 4.69) is 24.5 Å². The number of nitrogens with two attached hydrogens (primary N) is 1. The molecular formula is C16H31N3O2. The summed E-state index contributed by atoms with van der Waals surface area (Å²) in [6.45, 7) is 8.27. The van der Waals surface area contributed by atoms with Gasteiger partial charge in [-0.05, 0) is 30.6 Å². The maximum atomic E-state index is 11.9. The fourth-order valence-corrected chi connectivity index (χ4v) is 2.83. The molecule has 0 spiro atoms. The van der Waals surface area contributed by atoms with Crippen molar-refractivity contribution in [3.63, 3.8) is 0 Å². The van der Waals surface area contributed by atoms with Crippen molar-refractivity contribution in [3.8, 4) is 0 Å². The summed E-state index contributed by atoms with van der Waals surface area (Å²) in [7, 11) is 0. The first-order chi connectivity index (χ1) is 9.81. The fraction of sp³-hybridized carbons (Fsp3) is 0.875. The van der Waals surface area contributed by atoms with Crippen LogP contribution >= 0.6 is 0 Å². The van der Waals surface area contributed by atoms with E-state index in [1.54, 1.807) is 0 Å². The second-order valence-electron chi connectivity index (χ2n) is 6.92. The van der Waals surface area contributed by atoms with Gasteiger partial charge in [0.1, 0.15) is 0 Å². The van der Waals surface area contributed by atoms with E-state index in [0.717, 1.165) is 12.8 Å². The van der Waals surface area contributed by atoms with Gasteiger partial charge in [0, 0.05) is 6.04 Å². The molecule has 0 bridgehead atoms. The Hall–Kier alpha value is -1.10. The van der Waals surface area contributed by atoms with Crippen molar-refractivity contribution < 1.29 is 9.59 Å². The Morgan fingerprint density at radius 2 is 1.86 bits per heavy atom. The summed E-state index contributed by atoms with van der Waals surface area (Å²) in [5.41, 5.74) is 5.74. The van der Waals surface area contributed by atoms with Gasteiger partial charge in [0.25, 0.3) is 0 Å². The number of carbonyl (C=O) groups excluding carboxylic acids is 2. The van der Waals surface area contributed by atoms with Crippen LogP contribution in [0.1, 0.15) is 53.4 Å². The number of hydrogen-bond acceptors (Lipinski definition) is 3. The third-order valence-corrected chi connectivity index (χ3v) is 4.47. The van der Waals surface area contributed by atoms with Crippen molar-refractivity contribution in [2.45, 2.75) is 65.5 Å². The predicted molar refractivity (Wildman–Crippen MR) is 84.5 cm³/mol. The Kier molecular flexibility index (Phi) is 7.15. The quantitative estimate of drug-likeness (QED) is 0.693. The average molecular weight is 297 g/mol. The summed E-state index contributed by atoms with van der Waals surface area (Å²) in [5.74, 6) is 1.04. The molecule has 2 amide bonds. The zero-order valence-corrected chi connectivity index (χ0v) is 13.8. The molecule has 0 radical (unpaired) electrons. The summed E-state index contributed by atoms with van der Waals surface area (Å²) in [5, 5.41) is 5.64. The number of carbonyl (C=O) groups is 2. The van der Waals surface area contributed by atoms with Crippen LogP contribution in [-0.2, 0) is 9.59 Å². The van der Waals surface area contributed by atoms with Crippen LogP contribution in [0.4, 0.5) is 0 Å². The Morgan fingerprint density at radius 1 is 1.19 bits per heavy atom.